The molecule has 1 aromatic carbocycles. The first-order chi connectivity index (χ1) is 25.5. The summed E-state index contributed by atoms with van der Waals surface area (Å²) in [6, 6.07) is 6.23. The fraction of sp³-hybridized carbons (Fsp3) is 0.541. The number of sulfonamides is 1. The molecule has 3 amide bonds. The third-order valence-electron chi connectivity index (χ3n) is 10.8. The Morgan fingerprint density at radius 3 is 2.70 bits per heavy atom. The van der Waals surface area contributed by atoms with Gasteiger partial charge in [-0.15, -0.1) is 0 Å². The molecule has 4 fully saturated rings. The fourth-order valence-corrected chi connectivity index (χ4v) is 8.99. The number of nitrogens with zero attached hydrogens (tertiary/aromatic N) is 4. The van der Waals surface area contributed by atoms with Gasteiger partial charge in [-0.05, 0) is 76.5 Å². The molecule has 0 spiro atoms. The number of amides is 3. The average Bonchev–Trinajstić information content (AvgIpc) is 4.09. The first kappa shape index (κ1) is 35.8. The first-order valence-corrected chi connectivity index (χ1v) is 20.3. The predicted molar refractivity (Wildman–Crippen MR) is 194 cm³/mol. The van der Waals surface area contributed by atoms with Gasteiger partial charge in [0.2, 0.25) is 15.9 Å². The summed E-state index contributed by atoms with van der Waals surface area (Å²) in [5, 5.41) is 7.94. The third-order valence-corrected chi connectivity index (χ3v) is 13.0. The van der Waals surface area contributed by atoms with Crippen LogP contribution >= 0.6 is 11.6 Å². The molecule has 2 N–H and O–H groups in total. The highest BCUT2D eigenvalue weighted by Crippen LogP contribution is 2.46. The highest BCUT2D eigenvalue weighted by molar-refractivity contribution is 7.91. The van der Waals surface area contributed by atoms with Crippen molar-refractivity contribution in [2.45, 2.75) is 99.7 Å². The quantitative estimate of drug-likeness (QED) is 0.320. The number of fused-ring (bicyclic) bond motifs is 3. The molecule has 2 aliphatic heterocycles. The molecule has 5 unspecified atom stereocenters. The number of hydrogen-bond donors (Lipinski definition) is 2. The Balaban J connectivity index is 1.11. The molecule has 2 aromatic heterocycles. The van der Waals surface area contributed by atoms with E-state index in [9.17, 15) is 22.8 Å². The van der Waals surface area contributed by atoms with E-state index in [0.717, 1.165) is 25.0 Å². The Bertz CT molecular complexity index is 2100. The molecular formula is C37H43ClN6O8S. The number of ether oxygens (including phenoxy) is 3. The van der Waals surface area contributed by atoms with Crippen LogP contribution in [-0.2, 0) is 29.1 Å². The summed E-state index contributed by atoms with van der Waals surface area (Å²) >= 11 is 6.79. The molecule has 3 aromatic rings. The molecule has 4 heterocycles. The van der Waals surface area contributed by atoms with E-state index < -0.39 is 56.8 Å². The summed E-state index contributed by atoms with van der Waals surface area (Å²) in [6.07, 6.45) is 9.91. The van der Waals surface area contributed by atoms with Crippen LogP contribution in [0.25, 0.3) is 16.7 Å². The second-order valence-corrected chi connectivity index (χ2v) is 17.1. The fourth-order valence-electron chi connectivity index (χ4n) is 7.34. The molecule has 0 radical (unpaired) electrons. The number of pyridine rings is 1. The minimum absolute atomic E-state index is 0.0554. The van der Waals surface area contributed by atoms with E-state index >= 15 is 0 Å². The largest absolute Gasteiger partial charge is 0.495 e. The van der Waals surface area contributed by atoms with Crippen molar-refractivity contribution in [1.82, 2.24) is 29.7 Å². The Morgan fingerprint density at radius 2 is 1.94 bits per heavy atom. The number of benzene rings is 1. The lowest BCUT2D eigenvalue weighted by Crippen LogP contribution is -2.57. The number of halogens is 1. The van der Waals surface area contributed by atoms with Gasteiger partial charge in [-0.1, -0.05) is 23.8 Å². The van der Waals surface area contributed by atoms with Crippen LogP contribution in [0, 0.1) is 5.92 Å². The lowest BCUT2D eigenvalue weighted by Gasteiger charge is -2.28. The van der Waals surface area contributed by atoms with E-state index in [1.807, 2.05) is 24.4 Å². The zero-order valence-electron chi connectivity index (χ0n) is 29.6. The summed E-state index contributed by atoms with van der Waals surface area (Å²) < 4.78 is 47.6. The van der Waals surface area contributed by atoms with Crippen LogP contribution in [-0.4, -0.2) is 95.1 Å². The van der Waals surface area contributed by atoms with Crippen LogP contribution in [0.5, 0.6) is 11.5 Å². The Morgan fingerprint density at radius 1 is 1.13 bits per heavy atom. The minimum Gasteiger partial charge on any atom is -0.495 e. The van der Waals surface area contributed by atoms with Crippen LogP contribution in [0.4, 0.5) is 0 Å². The highest BCUT2D eigenvalue weighted by atomic mass is 35.5. The minimum atomic E-state index is -3.86. The topological polar surface area (TPSA) is 171 Å². The number of carbonyl (C=O) groups is 3. The maximum atomic E-state index is 14.3. The first-order valence-electron chi connectivity index (χ1n) is 18.3. The molecule has 8 rings (SSSR count). The van der Waals surface area contributed by atoms with Crippen LogP contribution in [0.2, 0.25) is 5.02 Å². The number of carbonyl (C=O) groups excluding carboxylic acids is 3. The Kier molecular flexibility index (Phi) is 9.38. The zero-order valence-corrected chi connectivity index (χ0v) is 31.2. The van der Waals surface area contributed by atoms with Crippen LogP contribution < -0.4 is 19.5 Å². The van der Waals surface area contributed by atoms with Gasteiger partial charge in [0, 0.05) is 42.5 Å². The average molecular weight is 767 g/mol. The molecule has 14 nitrogen and oxygen atoms in total. The van der Waals surface area contributed by atoms with Gasteiger partial charge in [0.05, 0.1) is 30.1 Å². The summed E-state index contributed by atoms with van der Waals surface area (Å²) in [7, 11) is -2.34. The van der Waals surface area contributed by atoms with Crippen molar-refractivity contribution in [2.24, 2.45) is 5.92 Å². The number of methoxy groups -OCH3 is 1. The molecule has 1 saturated heterocycles. The molecule has 282 valence electrons. The number of nitrogens with one attached hydrogen (secondary N) is 2. The summed E-state index contributed by atoms with van der Waals surface area (Å²) in [4.78, 5) is 48.1. The maximum absolute atomic E-state index is 14.3. The molecule has 0 bridgehead atoms. The summed E-state index contributed by atoms with van der Waals surface area (Å²) in [5.74, 6) is -0.342. The number of hydrogen-bond acceptors (Lipinski definition) is 10. The molecular weight excluding hydrogens is 724 g/mol. The van der Waals surface area contributed by atoms with Crippen molar-refractivity contribution in [3.63, 3.8) is 0 Å². The SMILES string of the molecule is COc1ccc2c(OC3CC4C(=O)NC5(C(=O)NS(=O)(=O)C6CC6)CC5C=CCCCCOC(C)C(=O)N4C3)cc(-n3ccc(C4CC4)n3)nc2c1Cl. The van der Waals surface area contributed by atoms with Crippen molar-refractivity contribution >= 4 is 50.2 Å². The molecule has 53 heavy (non-hydrogen) atoms. The molecule has 5 atom stereocenters. The molecule has 5 aliphatic rings. The smallest absolute Gasteiger partial charge is 0.259 e. The maximum Gasteiger partial charge on any atom is 0.259 e. The molecule has 16 heteroatoms. The van der Waals surface area contributed by atoms with Crippen LogP contribution in [0.1, 0.15) is 76.3 Å². The number of rotatable bonds is 8. The number of allylic oxidation sites excluding steroid dienone is 1. The molecule has 3 saturated carbocycles. The van der Waals surface area contributed by atoms with Crippen LogP contribution in [0.3, 0.4) is 0 Å². The van der Waals surface area contributed by atoms with Gasteiger partial charge in [-0.25, -0.2) is 18.1 Å². The highest BCUT2D eigenvalue weighted by Gasteiger charge is 2.62. The summed E-state index contributed by atoms with van der Waals surface area (Å²) in [5.41, 5.74) is -0.0366. The van der Waals surface area contributed by atoms with E-state index in [2.05, 4.69) is 10.0 Å². The van der Waals surface area contributed by atoms with Gasteiger partial charge in [-0.3, -0.25) is 19.1 Å². The third kappa shape index (κ3) is 7.10. The second-order valence-electron chi connectivity index (χ2n) is 14.8. The van der Waals surface area contributed by atoms with E-state index in [1.54, 1.807) is 29.8 Å². The van der Waals surface area contributed by atoms with Gasteiger partial charge in [0.1, 0.15) is 40.3 Å². The van der Waals surface area contributed by atoms with Crippen molar-refractivity contribution < 1.29 is 37.0 Å². The van der Waals surface area contributed by atoms with Gasteiger partial charge < -0.3 is 24.4 Å². The Hall–Kier alpha value is -4.21. The van der Waals surface area contributed by atoms with E-state index in [-0.39, 0.29) is 25.3 Å². The van der Waals surface area contributed by atoms with Crippen molar-refractivity contribution in [3.8, 4) is 17.3 Å². The second kappa shape index (κ2) is 13.9. The Labute approximate surface area is 312 Å². The lowest BCUT2D eigenvalue weighted by molar-refractivity contribution is -0.147. The van der Waals surface area contributed by atoms with Gasteiger partial charge in [0.25, 0.3) is 11.8 Å². The molecule has 3 aliphatic carbocycles. The number of aromatic nitrogens is 3. The van der Waals surface area contributed by atoms with Crippen molar-refractivity contribution in [3.05, 3.63) is 53.3 Å². The van der Waals surface area contributed by atoms with Crippen LogP contribution in [0.15, 0.2) is 42.6 Å². The standard InChI is InChI=1S/C37H43ClN6O8S/c1-21-35(46)43-20-24(52-30-18-31(44-15-14-27(41-44)22-8-9-22)39-33-26(30)12-13-29(50-2)32(33)38)17-28(43)34(45)40-37(36(47)42-53(48,49)25-10-11-25)19-23(37)7-5-3-4-6-16-51-21/h5,7,12-15,18,21-25,28H,3-4,6,8-11,16-17,19-20H2,1-2H3,(H,40,45)(H,42,47). The van der Waals surface area contributed by atoms with E-state index in [0.29, 0.717) is 71.5 Å². The van der Waals surface area contributed by atoms with Gasteiger partial charge in [-0.2, -0.15) is 5.10 Å². The van der Waals surface area contributed by atoms with Crippen molar-refractivity contribution in [1.29, 1.82) is 0 Å². The summed E-state index contributed by atoms with van der Waals surface area (Å²) in [6.45, 7) is 2.09. The lowest BCUT2D eigenvalue weighted by atomic mass is 10.1. The monoisotopic (exact) mass is 766 g/mol. The van der Waals surface area contributed by atoms with E-state index in [4.69, 9.17) is 35.9 Å². The van der Waals surface area contributed by atoms with Crippen molar-refractivity contribution in [2.75, 3.05) is 20.3 Å². The van der Waals surface area contributed by atoms with Gasteiger partial charge in [0.15, 0.2) is 5.82 Å². The zero-order chi connectivity index (χ0) is 37.1. The van der Waals surface area contributed by atoms with Gasteiger partial charge >= 0.3 is 0 Å². The predicted octanol–water partition coefficient (Wildman–Crippen LogP) is 3.94. The normalized spacial score (nSPS) is 28.0. The van der Waals surface area contributed by atoms with E-state index in [1.165, 1.54) is 12.0 Å².